The molecule has 0 aliphatic heterocycles. The minimum absolute atomic E-state index is 0.00824. The van der Waals surface area contributed by atoms with Gasteiger partial charge in [-0.15, -0.1) is 0 Å². The highest BCUT2D eigenvalue weighted by Crippen LogP contribution is 2.21. The third-order valence-electron chi connectivity index (χ3n) is 3.30. The predicted octanol–water partition coefficient (Wildman–Crippen LogP) is 2.17. The first kappa shape index (κ1) is 11.0. The van der Waals surface area contributed by atoms with E-state index in [1.807, 2.05) is 19.9 Å². The summed E-state index contributed by atoms with van der Waals surface area (Å²) in [5, 5.41) is 3.03. The Kier molecular flexibility index (Phi) is 2.86. The smallest absolute Gasteiger partial charge is 0.251 e. The van der Waals surface area contributed by atoms with Crippen LogP contribution in [0.5, 0.6) is 0 Å². The highest BCUT2D eigenvalue weighted by Gasteiger charge is 2.21. The van der Waals surface area contributed by atoms with E-state index in [0.29, 0.717) is 17.3 Å². The number of rotatable bonds is 2. The molecule has 0 spiro atoms. The molecule has 16 heavy (non-hydrogen) atoms. The molecule has 3 heteroatoms. The molecule has 0 bridgehead atoms. The van der Waals surface area contributed by atoms with Crippen LogP contribution in [0.3, 0.4) is 0 Å². The Morgan fingerprint density at radius 3 is 2.56 bits per heavy atom. The molecule has 3 nitrogen and oxygen atoms in total. The molecule has 86 valence electrons. The van der Waals surface area contributed by atoms with Gasteiger partial charge < -0.3 is 11.1 Å². The van der Waals surface area contributed by atoms with Gasteiger partial charge in [-0.25, -0.2) is 0 Å². The molecule has 1 fully saturated rings. The van der Waals surface area contributed by atoms with Crippen molar-refractivity contribution in [3.05, 3.63) is 28.8 Å². The minimum Gasteiger partial charge on any atom is -0.398 e. The van der Waals surface area contributed by atoms with Crippen LogP contribution in [0.4, 0.5) is 5.69 Å². The summed E-state index contributed by atoms with van der Waals surface area (Å²) in [4.78, 5) is 12.0. The highest BCUT2D eigenvalue weighted by molar-refractivity contribution is 5.97. The Hall–Kier alpha value is -1.51. The van der Waals surface area contributed by atoms with Crippen molar-refractivity contribution in [1.82, 2.24) is 5.32 Å². The van der Waals surface area contributed by atoms with Gasteiger partial charge in [0.2, 0.25) is 0 Å². The third-order valence-corrected chi connectivity index (χ3v) is 3.30. The topological polar surface area (TPSA) is 55.1 Å². The number of benzene rings is 1. The van der Waals surface area contributed by atoms with Gasteiger partial charge in [0.05, 0.1) is 0 Å². The Morgan fingerprint density at radius 2 is 2.00 bits per heavy atom. The molecule has 1 aliphatic carbocycles. The van der Waals surface area contributed by atoms with E-state index in [9.17, 15) is 4.79 Å². The molecule has 1 amide bonds. The van der Waals surface area contributed by atoms with E-state index in [1.165, 1.54) is 6.42 Å². The number of hydrogen-bond acceptors (Lipinski definition) is 2. The van der Waals surface area contributed by atoms with Gasteiger partial charge in [0.1, 0.15) is 0 Å². The summed E-state index contributed by atoms with van der Waals surface area (Å²) in [7, 11) is 0. The second-order valence-electron chi connectivity index (χ2n) is 4.63. The van der Waals surface area contributed by atoms with Gasteiger partial charge in [0.25, 0.3) is 5.91 Å². The highest BCUT2D eigenvalue weighted by atomic mass is 16.1. The molecule has 0 radical (unpaired) electrons. The zero-order chi connectivity index (χ0) is 11.7. The Bertz CT molecular complexity index is 422. The van der Waals surface area contributed by atoms with Gasteiger partial charge >= 0.3 is 0 Å². The Balaban J connectivity index is 2.18. The van der Waals surface area contributed by atoms with Crippen LogP contribution in [0.2, 0.25) is 0 Å². The summed E-state index contributed by atoms with van der Waals surface area (Å²) in [5.74, 6) is 0.00824. The normalized spacial score (nSPS) is 15.6. The number of carbonyl (C=O) groups excluding carboxylic acids is 1. The van der Waals surface area contributed by atoms with E-state index in [4.69, 9.17) is 5.73 Å². The first-order valence-electron chi connectivity index (χ1n) is 5.75. The van der Waals surface area contributed by atoms with Gasteiger partial charge in [0, 0.05) is 17.3 Å². The third kappa shape index (κ3) is 2.03. The maximum atomic E-state index is 12.0. The lowest BCUT2D eigenvalue weighted by atomic mass is 9.92. The lowest BCUT2D eigenvalue weighted by molar-refractivity contribution is 0.0916. The summed E-state index contributed by atoms with van der Waals surface area (Å²) in [6.45, 7) is 3.90. The van der Waals surface area contributed by atoms with Gasteiger partial charge in [-0.2, -0.15) is 0 Å². The van der Waals surface area contributed by atoms with Crippen molar-refractivity contribution in [3.8, 4) is 0 Å². The summed E-state index contributed by atoms with van der Waals surface area (Å²) in [5.41, 5.74) is 9.23. The molecular formula is C13H18N2O. The van der Waals surface area contributed by atoms with Gasteiger partial charge in [0.15, 0.2) is 0 Å². The van der Waals surface area contributed by atoms with Crippen LogP contribution in [0.15, 0.2) is 12.1 Å². The molecule has 1 aromatic rings. The maximum absolute atomic E-state index is 12.0. The fourth-order valence-corrected chi connectivity index (χ4v) is 1.93. The quantitative estimate of drug-likeness (QED) is 0.747. The number of anilines is 1. The van der Waals surface area contributed by atoms with E-state index in [-0.39, 0.29) is 5.91 Å². The van der Waals surface area contributed by atoms with Gasteiger partial charge in [-0.1, -0.05) is 6.07 Å². The molecule has 0 unspecified atom stereocenters. The van der Waals surface area contributed by atoms with Crippen LogP contribution >= 0.6 is 0 Å². The van der Waals surface area contributed by atoms with E-state index >= 15 is 0 Å². The SMILES string of the molecule is Cc1cc(C)c(C(=O)NC2CCC2)cc1N. The van der Waals surface area contributed by atoms with Crippen molar-refractivity contribution in [2.24, 2.45) is 0 Å². The summed E-state index contributed by atoms with van der Waals surface area (Å²) in [6, 6.07) is 4.11. The molecule has 1 aliphatic rings. The number of amides is 1. The fraction of sp³-hybridized carbons (Fsp3) is 0.462. The zero-order valence-electron chi connectivity index (χ0n) is 9.84. The maximum Gasteiger partial charge on any atom is 0.251 e. The fourth-order valence-electron chi connectivity index (χ4n) is 1.93. The number of hydrogen-bond donors (Lipinski definition) is 2. The number of aryl methyl sites for hydroxylation is 2. The van der Waals surface area contributed by atoms with E-state index in [1.54, 1.807) is 6.07 Å². The van der Waals surface area contributed by atoms with Crippen LogP contribution in [0.1, 0.15) is 40.7 Å². The van der Waals surface area contributed by atoms with E-state index in [2.05, 4.69) is 5.32 Å². The first-order chi connectivity index (χ1) is 7.58. The van der Waals surface area contributed by atoms with Crippen molar-refractivity contribution in [2.45, 2.75) is 39.2 Å². The largest absolute Gasteiger partial charge is 0.398 e. The molecule has 2 rings (SSSR count). The summed E-state index contributed by atoms with van der Waals surface area (Å²) >= 11 is 0. The number of nitrogen functional groups attached to an aromatic ring is 1. The van der Waals surface area contributed by atoms with Crippen LogP contribution < -0.4 is 11.1 Å². The number of nitrogens with one attached hydrogen (secondary N) is 1. The zero-order valence-corrected chi connectivity index (χ0v) is 9.84. The number of nitrogens with two attached hydrogens (primary N) is 1. The van der Waals surface area contributed by atoms with E-state index in [0.717, 1.165) is 24.0 Å². The lowest BCUT2D eigenvalue weighted by Gasteiger charge is -2.26. The second kappa shape index (κ2) is 4.16. The molecule has 3 N–H and O–H groups in total. The van der Waals surface area contributed by atoms with Crippen LogP contribution in [0.25, 0.3) is 0 Å². The van der Waals surface area contributed by atoms with Gasteiger partial charge in [-0.05, 0) is 50.3 Å². The van der Waals surface area contributed by atoms with Crippen molar-refractivity contribution >= 4 is 11.6 Å². The average molecular weight is 218 g/mol. The molecular weight excluding hydrogens is 200 g/mol. The summed E-state index contributed by atoms with van der Waals surface area (Å²) < 4.78 is 0. The first-order valence-corrected chi connectivity index (χ1v) is 5.75. The lowest BCUT2D eigenvalue weighted by Crippen LogP contribution is -2.39. The minimum atomic E-state index is 0.00824. The van der Waals surface area contributed by atoms with Crippen molar-refractivity contribution in [1.29, 1.82) is 0 Å². The number of carbonyl (C=O) groups is 1. The van der Waals surface area contributed by atoms with Crippen molar-refractivity contribution < 1.29 is 4.79 Å². The van der Waals surface area contributed by atoms with E-state index < -0.39 is 0 Å². The molecule has 1 saturated carbocycles. The monoisotopic (exact) mass is 218 g/mol. The van der Waals surface area contributed by atoms with Crippen LogP contribution in [-0.2, 0) is 0 Å². The Labute approximate surface area is 96.0 Å². The van der Waals surface area contributed by atoms with Crippen LogP contribution in [0, 0.1) is 13.8 Å². The predicted molar refractivity (Wildman–Crippen MR) is 65.4 cm³/mol. The molecule has 1 aromatic carbocycles. The molecule has 0 heterocycles. The summed E-state index contributed by atoms with van der Waals surface area (Å²) in [6.07, 6.45) is 3.43. The second-order valence-corrected chi connectivity index (χ2v) is 4.63. The molecule has 0 saturated heterocycles. The average Bonchev–Trinajstić information content (AvgIpc) is 2.17. The van der Waals surface area contributed by atoms with Gasteiger partial charge in [-0.3, -0.25) is 4.79 Å². The van der Waals surface area contributed by atoms with Crippen molar-refractivity contribution in [2.75, 3.05) is 5.73 Å². The van der Waals surface area contributed by atoms with Crippen molar-refractivity contribution in [3.63, 3.8) is 0 Å². The van der Waals surface area contributed by atoms with Crippen LogP contribution in [-0.4, -0.2) is 11.9 Å². The molecule has 0 aromatic heterocycles. The molecule has 0 atom stereocenters. The standard InChI is InChI=1S/C13H18N2O/c1-8-6-9(2)12(14)7-11(8)13(16)15-10-4-3-5-10/h6-7,10H,3-5,14H2,1-2H3,(H,15,16). The Morgan fingerprint density at radius 1 is 1.31 bits per heavy atom.